The van der Waals surface area contributed by atoms with Crippen LogP contribution in [0.15, 0.2) is 0 Å². The molecule has 0 saturated carbocycles. The van der Waals surface area contributed by atoms with E-state index in [-0.39, 0.29) is 12.3 Å². The van der Waals surface area contributed by atoms with Gasteiger partial charge in [-0.25, -0.2) is 0 Å². The summed E-state index contributed by atoms with van der Waals surface area (Å²) in [7, 11) is 0. The van der Waals surface area contributed by atoms with Crippen molar-refractivity contribution in [1.29, 1.82) is 0 Å². The van der Waals surface area contributed by atoms with Gasteiger partial charge in [-0.3, -0.25) is 14.5 Å². The Kier molecular flexibility index (Phi) is 5.41. The quantitative estimate of drug-likeness (QED) is 0.743. The van der Waals surface area contributed by atoms with E-state index < -0.39 is 5.97 Å². The highest BCUT2D eigenvalue weighted by molar-refractivity contribution is 5.79. The van der Waals surface area contributed by atoms with Gasteiger partial charge in [-0.15, -0.1) is 0 Å². The number of hydrogen-bond donors (Lipinski definition) is 1. The molecule has 0 aromatic carbocycles. The third-order valence-corrected chi connectivity index (χ3v) is 2.85. The number of rotatable bonds is 6. The van der Waals surface area contributed by atoms with Crippen LogP contribution in [-0.2, 0) is 9.59 Å². The van der Waals surface area contributed by atoms with Crippen molar-refractivity contribution in [3.8, 4) is 0 Å². The Morgan fingerprint density at radius 2 is 2.12 bits per heavy atom. The molecule has 17 heavy (non-hydrogen) atoms. The van der Waals surface area contributed by atoms with E-state index in [2.05, 4.69) is 13.8 Å². The number of amides is 1. The van der Waals surface area contributed by atoms with E-state index in [1.165, 1.54) is 0 Å². The molecular formula is C12H22N2O3. The molecule has 0 aromatic rings. The van der Waals surface area contributed by atoms with Crippen molar-refractivity contribution in [3.05, 3.63) is 0 Å². The number of aliphatic carboxylic acids is 1. The Morgan fingerprint density at radius 1 is 1.41 bits per heavy atom. The molecular weight excluding hydrogens is 220 g/mol. The Bertz CT molecular complexity index is 279. The zero-order valence-electron chi connectivity index (χ0n) is 10.7. The van der Waals surface area contributed by atoms with Crippen LogP contribution < -0.4 is 0 Å². The minimum atomic E-state index is -0.769. The predicted molar refractivity (Wildman–Crippen MR) is 64.7 cm³/mol. The molecule has 98 valence electrons. The zero-order chi connectivity index (χ0) is 12.8. The van der Waals surface area contributed by atoms with Crippen molar-refractivity contribution in [1.82, 2.24) is 9.80 Å². The lowest BCUT2D eigenvalue weighted by Crippen LogP contribution is -2.51. The van der Waals surface area contributed by atoms with E-state index >= 15 is 0 Å². The molecule has 0 unspecified atom stereocenters. The van der Waals surface area contributed by atoms with Crippen molar-refractivity contribution in [2.45, 2.75) is 26.7 Å². The second-order valence-electron chi connectivity index (χ2n) is 5.01. The standard InChI is InChI=1S/C12H22N2O3/c1-10(2)8-14-7-6-13(9-11(14)15)5-3-4-12(16)17/h10H,3-9H2,1-2H3,(H,16,17). The van der Waals surface area contributed by atoms with Crippen LogP contribution in [0.25, 0.3) is 0 Å². The van der Waals surface area contributed by atoms with Gasteiger partial charge in [0.25, 0.3) is 0 Å². The number of carboxylic acid groups (broad SMARTS) is 1. The fourth-order valence-electron chi connectivity index (χ4n) is 2.04. The van der Waals surface area contributed by atoms with E-state index in [1.54, 1.807) is 0 Å². The van der Waals surface area contributed by atoms with Gasteiger partial charge in [0.2, 0.25) is 5.91 Å². The number of carbonyl (C=O) groups is 2. The SMILES string of the molecule is CC(C)CN1CCN(CCCC(=O)O)CC1=O. The van der Waals surface area contributed by atoms with E-state index in [1.807, 2.05) is 9.80 Å². The van der Waals surface area contributed by atoms with E-state index in [9.17, 15) is 9.59 Å². The molecule has 0 aromatic heterocycles. The number of piperazine rings is 1. The lowest BCUT2D eigenvalue weighted by molar-refractivity contribution is -0.137. The van der Waals surface area contributed by atoms with Crippen molar-refractivity contribution >= 4 is 11.9 Å². The molecule has 0 bridgehead atoms. The largest absolute Gasteiger partial charge is 0.481 e. The summed E-state index contributed by atoms with van der Waals surface area (Å²) in [4.78, 5) is 26.1. The molecule has 1 N–H and O–H groups in total. The minimum absolute atomic E-state index is 0.167. The van der Waals surface area contributed by atoms with Crippen LogP contribution in [0.1, 0.15) is 26.7 Å². The number of carboxylic acids is 1. The summed E-state index contributed by atoms with van der Waals surface area (Å²) in [6.45, 7) is 7.79. The fraction of sp³-hybridized carbons (Fsp3) is 0.833. The normalized spacial score (nSPS) is 17.8. The molecule has 1 rings (SSSR count). The number of carbonyl (C=O) groups excluding carboxylic acids is 1. The van der Waals surface area contributed by atoms with Crippen LogP contribution in [-0.4, -0.2) is 59.5 Å². The van der Waals surface area contributed by atoms with Crippen LogP contribution in [0, 0.1) is 5.92 Å². The van der Waals surface area contributed by atoms with Gasteiger partial charge in [-0.2, -0.15) is 0 Å². The summed E-state index contributed by atoms with van der Waals surface area (Å²) >= 11 is 0. The summed E-state index contributed by atoms with van der Waals surface area (Å²) in [5.41, 5.74) is 0. The van der Waals surface area contributed by atoms with Crippen LogP contribution >= 0.6 is 0 Å². The molecule has 5 nitrogen and oxygen atoms in total. The van der Waals surface area contributed by atoms with Crippen LogP contribution in [0.4, 0.5) is 0 Å². The Balaban J connectivity index is 2.26. The third kappa shape index (κ3) is 5.17. The molecule has 1 heterocycles. The fourth-order valence-corrected chi connectivity index (χ4v) is 2.04. The molecule has 1 aliphatic rings. The van der Waals surface area contributed by atoms with Gasteiger partial charge in [0.15, 0.2) is 0 Å². The van der Waals surface area contributed by atoms with E-state index in [0.717, 1.165) is 19.6 Å². The summed E-state index contributed by atoms with van der Waals surface area (Å²) in [5.74, 6) is -0.104. The molecule has 0 atom stereocenters. The van der Waals surface area contributed by atoms with Crippen molar-refractivity contribution in [3.63, 3.8) is 0 Å². The minimum Gasteiger partial charge on any atom is -0.481 e. The Labute approximate surface area is 102 Å². The highest BCUT2D eigenvalue weighted by Crippen LogP contribution is 2.07. The lowest BCUT2D eigenvalue weighted by atomic mass is 10.2. The number of nitrogens with zero attached hydrogens (tertiary/aromatic N) is 2. The van der Waals surface area contributed by atoms with Gasteiger partial charge < -0.3 is 10.0 Å². The van der Waals surface area contributed by atoms with Crippen LogP contribution in [0.2, 0.25) is 0 Å². The van der Waals surface area contributed by atoms with Crippen LogP contribution in [0.3, 0.4) is 0 Å². The van der Waals surface area contributed by atoms with Crippen molar-refractivity contribution in [2.24, 2.45) is 5.92 Å². The second kappa shape index (κ2) is 6.59. The first-order valence-corrected chi connectivity index (χ1v) is 6.21. The summed E-state index contributed by atoms with van der Waals surface area (Å²) in [6, 6.07) is 0. The molecule has 1 fully saturated rings. The Morgan fingerprint density at radius 3 is 2.65 bits per heavy atom. The smallest absolute Gasteiger partial charge is 0.303 e. The molecule has 0 radical (unpaired) electrons. The van der Waals surface area contributed by atoms with E-state index in [0.29, 0.717) is 25.4 Å². The number of hydrogen-bond acceptors (Lipinski definition) is 3. The average Bonchev–Trinajstić information content (AvgIpc) is 2.21. The van der Waals surface area contributed by atoms with Gasteiger partial charge in [0.1, 0.15) is 0 Å². The van der Waals surface area contributed by atoms with Gasteiger partial charge in [0, 0.05) is 26.1 Å². The average molecular weight is 242 g/mol. The first-order chi connectivity index (χ1) is 7.99. The highest BCUT2D eigenvalue weighted by Gasteiger charge is 2.23. The molecule has 1 saturated heterocycles. The summed E-state index contributed by atoms with van der Waals surface area (Å²) in [6.07, 6.45) is 0.799. The first kappa shape index (κ1) is 14.0. The van der Waals surface area contributed by atoms with Gasteiger partial charge >= 0.3 is 5.97 Å². The summed E-state index contributed by atoms with van der Waals surface area (Å²) < 4.78 is 0. The van der Waals surface area contributed by atoms with Gasteiger partial charge in [-0.1, -0.05) is 13.8 Å². The van der Waals surface area contributed by atoms with Gasteiger partial charge in [0.05, 0.1) is 6.54 Å². The monoisotopic (exact) mass is 242 g/mol. The maximum atomic E-state index is 11.8. The predicted octanol–water partition coefficient (Wildman–Crippen LogP) is 0.651. The Hall–Kier alpha value is -1.10. The topological polar surface area (TPSA) is 60.9 Å². The maximum absolute atomic E-state index is 11.8. The molecule has 1 amide bonds. The van der Waals surface area contributed by atoms with Crippen molar-refractivity contribution in [2.75, 3.05) is 32.7 Å². The first-order valence-electron chi connectivity index (χ1n) is 6.21. The second-order valence-corrected chi connectivity index (χ2v) is 5.01. The molecule has 0 aliphatic carbocycles. The third-order valence-electron chi connectivity index (χ3n) is 2.85. The van der Waals surface area contributed by atoms with Crippen LogP contribution in [0.5, 0.6) is 0 Å². The molecule has 0 spiro atoms. The molecule has 5 heteroatoms. The molecule has 1 aliphatic heterocycles. The highest BCUT2D eigenvalue weighted by atomic mass is 16.4. The van der Waals surface area contributed by atoms with Crippen molar-refractivity contribution < 1.29 is 14.7 Å². The zero-order valence-corrected chi connectivity index (χ0v) is 10.7. The van der Waals surface area contributed by atoms with E-state index in [4.69, 9.17) is 5.11 Å². The summed E-state index contributed by atoms with van der Waals surface area (Å²) in [5, 5.41) is 8.54. The lowest BCUT2D eigenvalue weighted by Gasteiger charge is -2.35. The maximum Gasteiger partial charge on any atom is 0.303 e. The van der Waals surface area contributed by atoms with Gasteiger partial charge in [-0.05, 0) is 18.9 Å².